The van der Waals surface area contributed by atoms with Crippen molar-refractivity contribution >= 4 is 11.8 Å². The molecular weight excluding hydrogens is 204 g/mol. The highest BCUT2D eigenvalue weighted by Gasteiger charge is 2.26. The molecule has 1 heterocycles. The van der Waals surface area contributed by atoms with Crippen LogP contribution < -0.4 is 5.32 Å². The fraction of sp³-hybridized carbons (Fsp3) is 1.00. The van der Waals surface area contributed by atoms with E-state index in [1.54, 1.807) is 0 Å². The standard InChI is InChI=1S/C12H26N2S/c1-4-5-6-13-7-8-14-9-10-15-12(2,3)11-14/h13H,4-11H2,1-3H3. The molecule has 0 bridgehead atoms. The van der Waals surface area contributed by atoms with Gasteiger partial charge >= 0.3 is 0 Å². The number of rotatable bonds is 6. The van der Waals surface area contributed by atoms with Gasteiger partial charge in [0.1, 0.15) is 0 Å². The van der Waals surface area contributed by atoms with E-state index in [-0.39, 0.29) is 0 Å². The molecule has 1 rings (SSSR count). The van der Waals surface area contributed by atoms with E-state index in [1.807, 2.05) is 0 Å². The lowest BCUT2D eigenvalue weighted by Crippen LogP contribution is -2.45. The molecule has 1 saturated heterocycles. The van der Waals surface area contributed by atoms with Crippen molar-refractivity contribution in [3.05, 3.63) is 0 Å². The van der Waals surface area contributed by atoms with Gasteiger partial charge in [0.2, 0.25) is 0 Å². The third-order valence-corrected chi connectivity index (χ3v) is 4.11. The second kappa shape index (κ2) is 6.77. The Morgan fingerprint density at radius 1 is 1.33 bits per heavy atom. The van der Waals surface area contributed by atoms with Crippen molar-refractivity contribution in [3.8, 4) is 0 Å². The van der Waals surface area contributed by atoms with Crippen LogP contribution in [0.15, 0.2) is 0 Å². The Morgan fingerprint density at radius 3 is 2.80 bits per heavy atom. The molecule has 0 spiro atoms. The predicted octanol–water partition coefficient (Wildman–Crippen LogP) is 2.20. The van der Waals surface area contributed by atoms with Crippen LogP contribution in [0.1, 0.15) is 33.6 Å². The summed E-state index contributed by atoms with van der Waals surface area (Å²) in [6, 6.07) is 0. The summed E-state index contributed by atoms with van der Waals surface area (Å²) >= 11 is 2.11. The lowest BCUT2D eigenvalue weighted by molar-refractivity contribution is 0.260. The maximum absolute atomic E-state index is 3.51. The average molecular weight is 230 g/mol. The van der Waals surface area contributed by atoms with E-state index in [1.165, 1.54) is 44.8 Å². The molecular formula is C12H26N2S. The Balaban J connectivity index is 2.05. The molecule has 3 heteroatoms. The molecule has 0 aromatic heterocycles. The highest BCUT2D eigenvalue weighted by Crippen LogP contribution is 2.28. The first kappa shape index (κ1) is 13.3. The number of hydrogen-bond acceptors (Lipinski definition) is 3. The topological polar surface area (TPSA) is 15.3 Å². The maximum atomic E-state index is 3.51. The van der Waals surface area contributed by atoms with Crippen LogP contribution in [-0.2, 0) is 0 Å². The van der Waals surface area contributed by atoms with Gasteiger partial charge in [0.05, 0.1) is 0 Å². The van der Waals surface area contributed by atoms with Gasteiger partial charge in [-0.3, -0.25) is 4.90 Å². The molecule has 0 atom stereocenters. The second-order valence-corrected chi connectivity index (χ2v) is 6.79. The van der Waals surface area contributed by atoms with Crippen LogP contribution in [0, 0.1) is 0 Å². The second-order valence-electron chi connectivity index (χ2n) is 4.99. The van der Waals surface area contributed by atoms with Gasteiger partial charge in [-0.25, -0.2) is 0 Å². The van der Waals surface area contributed by atoms with E-state index in [4.69, 9.17) is 0 Å². The number of nitrogens with one attached hydrogen (secondary N) is 1. The Morgan fingerprint density at radius 2 is 2.13 bits per heavy atom. The molecule has 0 saturated carbocycles. The summed E-state index contributed by atoms with van der Waals surface area (Å²) in [5.41, 5.74) is 0. The Bertz CT molecular complexity index is 171. The van der Waals surface area contributed by atoms with Crippen LogP contribution in [0.3, 0.4) is 0 Å². The van der Waals surface area contributed by atoms with Gasteiger partial charge in [-0.15, -0.1) is 0 Å². The molecule has 0 unspecified atom stereocenters. The molecule has 2 nitrogen and oxygen atoms in total. The zero-order chi connectivity index (χ0) is 11.1. The first-order valence-electron chi connectivity index (χ1n) is 6.21. The van der Waals surface area contributed by atoms with E-state index in [0.717, 1.165) is 6.54 Å². The molecule has 0 aliphatic carbocycles. The van der Waals surface area contributed by atoms with Crippen molar-refractivity contribution in [2.75, 3.05) is 38.5 Å². The Kier molecular flexibility index (Phi) is 6.02. The first-order valence-corrected chi connectivity index (χ1v) is 7.19. The lowest BCUT2D eigenvalue weighted by Gasteiger charge is -2.37. The van der Waals surface area contributed by atoms with Gasteiger partial charge in [-0.05, 0) is 26.8 Å². The number of hydrogen-bond donors (Lipinski definition) is 1. The summed E-state index contributed by atoms with van der Waals surface area (Å²) in [5.74, 6) is 1.29. The molecule has 90 valence electrons. The van der Waals surface area contributed by atoms with E-state index >= 15 is 0 Å². The summed E-state index contributed by atoms with van der Waals surface area (Å²) in [6.45, 7) is 13.0. The zero-order valence-corrected chi connectivity index (χ0v) is 11.3. The fourth-order valence-corrected chi connectivity index (χ4v) is 3.14. The van der Waals surface area contributed by atoms with E-state index in [0.29, 0.717) is 4.75 Å². The molecule has 1 aliphatic rings. The zero-order valence-electron chi connectivity index (χ0n) is 10.5. The van der Waals surface area contributed by atoms with Crippen LogP contribution in [-0.4, -0.2) is 48.1 Å². The monoisotopic (exact) mass is 230 g/mol. The van der Waals surface area contributed by atoms with Gasteiger partial charge in [0.15, 0.2) is 0 Å². The van der Waals surface area contributed by atoms with Gasteiger partial charge in [0.25, 0.3) is 0 Å². The predicted molar refractivity (Wildman–Crippen MR) is 70.8 cm³/mol. The van der Waals surface area contributed by atoms with Crippen LogP contribution in [0.4, 0.5) is 0 Å². The Hall–Kier alpha value is 0.270. The van der Waals surface area contributed by atoms with E-state index in [9.17, 15) is 0 Å². The van der Waals surface area contributed by atoms with Crippen molar-refractivity contribution in [3.63, 3.8) is 0 Å². The molecule has 1 fully saturated rings. The van der Waals surface area contributed by atoms with Gasteiger partial charge in [-0.1, -0.05) is 13.3 Å². The van der Waals surface area contributed by atoms with Crippen molar-refractivity contribution < 1.29 is 0 Å². The molecule has 15 heavy (non-hydrogen) atoms. The molecule has 1 N–H and O–H groups in total. The summed E-state index contributed by atoms with van der Waals surface area (Å²) in [4.78, 5) is 2.59. The third kappa shape index (κ3) is 5.79. The van der Waals surface area contributed by atoms with Crippen molar-refractivity contribution in [1.29, 1.82) is 0 Å². The van der Waals surface area contributed by atoms with Crippen LogP contribution >= 0.6 is 11.8 Å². The van der Waals surface area contributed by atoms with E-state index < -0.39 is 0 Å². The van der Waals surface area contributed by atoms with Crippen molar-refractivity contribution in [1.82, 2.24) is 10.2 Å². The highest BCUT2D eigenvalue weighted by atomic mass is 32.2. The van der Waals surface area contributed by atoms with Gasteiger partial charge < -0.3 is 5.32 Å². The quantitative estimate of drug-likeness (QED) is 0.704. The molecule has 0 radical (unpaired) electrons. The summed E-state index contributed by atoms with van der Waals surface area (Å²) in [7, 11) is 0. The minimum absolute atomic E-state index is 0.460. The number of thioether (sulfide) groups is 1. The molecule has 0 aromatic rings. The van der Waals surface area contributed by atoms with E-state index in [2.05, 4.69) is 42.7 Å². The minimum Gasteiger partial charge on any atom is -0.315 e. The van der Waals surface area contributed by atoms with Gasteiger partial charge in [-0.2, -0.15) is 11.8 Å². The van der Waals surface area contributed by atoms with Gasteiger partial charge in [0, 0.05) is 36.7 Å². The van der Waals surface area contributed by atoms with Crippen molar-refractivity contribution in [2.24, 2.45) is 0 Å². The normalized spacial score (nSPS) is 21.8. The molecule has 1 aliphatic heterocycles. The number of unbranched alkanes of at least 4 members (excludes halogenated alkanes) is 1. The maximum Gasteiger partial charge on any atom is 0.0231 e. The first-order chi connectivity index (χ1) is 7.14. The summed E-state index contributed by atoms with van der Waals surface area (Å²) in [5, 5.41) is 3.51. The SMILES string of the molecule is CCCCNCCN1CCSC(C)(C)C1. The minimum atomic E-state index is 0.460. The fourth-order valence-electron chi connectivity index (χ4n) is 1.97. The summed E-state index contributed by atoms with van der Waals surface area (Å²) < 4.78 is 0.460. The smallest absolute Gasteiger partial charge is 0.0231 e. The average Bonchev–Trinajstić information content (AvgIpc) is 2.16. The van der Waals surface area contributed by atoms with Crippen LogP contribution in [0.25, 0.3) is 0 Å². The summed E-state index contributed by atoms with van der Waals surface area (Å²) in [6.07, 6.45) is 2.60. The van der Waals surface area contributed by atoms with Crippen LogP contribution in [0.5, 0.6) is 0 Å². The third-order valence-electron chi connectivity index (χ3n) is 2.82. The largest absolute Gasteiger partial charge is 0.315 e. The highest BCUT2D eigenvalue weighted by molar-refractivity contribution is 8.00. The molecule has 0 amide bonds. The number of nitrogens with zero attached hydrogens (tertiary/aromatic N) is 1. The lowest BCUT2D eigenvalue weighted by atomic mass is 10.2. The van der Waals surface area contributed by atoms with Crippen LogP contribution in [0.2, 0.25) is 0 Å². The molecule has 0 aromatic carbocycles. The van der Waals surface area contributed by atoms with Crippen molar-refractivity contribution in [2.45, 2.75) is 38.4 Å². The Labute approximate surface area is 99.2 Å².